The van der Waals surface area contributed by atoms with Crippen LogP contribution >= 0.6 is 23.1 Å². The molecule has 186 valence electrons. The first-order valence-corrected chi connectivity index (χ1v) is 13.9. The zero-order valence-corrected chi connectivity index (χ0v) is 22.0. The van der Waals surface area contributed by atoms with Gasteiger partial charge in [-0.15, -0.1) is 21.5 Å². The number of amides is 1. The Balaban J connectivity index is 1.15. The van der Waals surface area contributed by atoms with Crippen molar-refractivity contribution in [3.63, 3.8) is 0 Å². The van der Waals surface area contributed by atoms with Crippen LogP contribution in [0, 0.1) is 0 Å². The number of carbonyl (C=O) groups is 1. The molecule has 0 fully saturated rings. The monoisotopic (exact) mass is 533 g/mol. The van der Waals surface area contributed by atoms with Crippen molar-refractivity contribution < 1.29 is 4.79 Å². The fourth-order valence-corrected chi connectivity index (χ4v) is 5.92. The summed E-state index contributed by atoms with van der Waals surface area (Å²) in [5.41, 5.74) is 3.15. The molecule has 4 aromatic carbocycles. The summed E-state index contributed by atoms with van der Waals surface area (Å²) in [4.78, 5) is 18.4. The third-order valence-electron chi connectivity index (χ3n) is 6.06. The van der Waals surface area contributed by atoms with Crippen LogP contribution < -0.4 is 5.32 Å². The maximum absolute atomic E-state index is 12.8. The summed E-state index contributed by atoms with van der Waals surface area (Å²) >= 11 is 2.85. The number of nitrogens with one attached hydrogen (secondary N) is 1. The smallest absolute Gasteiger partial charge is 0.236 e. The highest BCUT2D eigenvalue weighted by molar-refractivity contribution is 7.99. The van der Waals surface area contributed by atoms with E-state index >= 15 is 0 Å². The van der Waals surface area contributed by atoms with Gasteiger partial charge in [0.2, 0.25) is 5.91 Å². The van der Waals surface area contributed by atoms with Crippen molar-refractivity contribution in [1.82, 2.24) is 19.7 Å². The summed E-state index contributed by atoms with van der Waals surface area (Å²) in [6.45, 7) is 0. The Morgan fingerprint density at radius 3 is 2.42 bits per heavy atom. The molecule has 8 heteroatoms. The highest BCUT2D eigenvalue weighted by atomic mass is 32.2. The number of carbonyl (C=O) groups excluding carboxylic acids is 1. The van der Waals surface area contributed by atoms with E-state index < -0.39 is 0 Å². The number of hydrogen-bond acceptors (Lipinski definition) is 6. The number of nitrogens with zero attached hydrogens (tertiary/aromatic N) is 4. The molecule has 0 aliphatic heterocycles. The topological polar surface area (TPSA) is 72.7 Å². The lowest BCUT2D eigenvalue weighted by atomic mass is 10.0. The van der Waals surface area contributed by atoms with Gasteiger partial charge in [-0.05, 0) is 28.5 Å². The molecule has 1 N–H and O–H groups in total. The van der Waals surface area contributed by atoms with Gasteiger partial charge in [-0.25, -0.2) is 4.98 Å². The SMILES string of the molecule is O=C(CSc1nnc(-c2ccccc2)n1-c1ccccc1)Nc1ncc(Cc2cccc3ccccc23)s1. The van der Waals surface area contributed by atoms with Crippen molar-refractivity contribution in [1.29, 1.82) is 0 Å². The van der Waals surface area contributed by atoms with Crippen molar-refractivity contribution in [3.05, 3.63) is 120 Å². The second-order valence-electron chi connectivity index (χ2n) is 8.63. The van der Waals surface area contributed by atoms with Crippen molar-refractivity contribution in [3.8, 4) is 17.1 Å². The first kappa shape index (κ1) is 24.1. The molecule has 0 aliphatic rings. The van der Waals surface area contributed by atoms with E-state index in [2.05, 4.69) is 63.0 Å². The average molecular weight is 534 g/mol. The molecule has 2 aromatic heterocycles. The Morgan fingerprint density at radius 1 is 0.842 bits per heavy atom. The quantitative estimate of drug-likeness (QED) is 0.216. The lowest BCUT2D eigenvalue weighted by molar-refractivity contribution is -0.113. The van der Waals surface area contributed by atoms with Crippen LogP contribution in [0.4, 0.5) is 5.13 Å². The molecular weight excluding hydrogens is 510 g/mol. The van der Waals surface area contributed by atoms with Gasteiger partial charge in [-0.1, -0.05) is 103 Å². The van der Waals surface area contributed by atoms with Gasteiger partial charge in [0.15, 0.2) is 16.1 Å². The fraction of sp³-hybridized carbons (Fsp3) is 0.0667. The number of aromatic nitrogens is 4. The van der Waals surface area contributed by atoms with Crippen LogP contribution in [-0.2, 0) is 11.2 Å². The molecular formula is C30H23N5OS2. The average Bonchev–Trinajstić information content (AvgIpc) is 3.60. The van der Waals surface area contributed by atoms with Gasteiger partial charge < -0.3 is 5.32 Å². The Bertz CT molecular complexity index is 1690. The van der Waals surface area contributed by atoms with Crippen LogP contribution in [0.15, 0.2) is 114 Å². The van der Waals surface area contributed by atoms with Crippen LogP contribution in [0.3, 0.4) is 0 Å². The minimum atomic E-state index is -0.134. The van der Waals surface area contributed by atoms with Crippen molar-refractivity contribution in [2.75, 3.05) is 11.1 Å². The second kappa shape index (κ2) is 11.0. The number of anilines is 1. The summed E-state index contributed by atoms with van der Waals surface area (Å²) in [5, 5.41) is 15.5. The van der Waals surface area contributed by atoms with Gasteiger partial charge >= 0.3 is 0 Å². The van der Waals surface area contributed by atoms with Gasteiger partial charge in [-0.2, -0.15) is 0 Å². The van der Waals surface area contributed by atoms with E-state index in [0.717, 1.165) is 28.4 Å². The zero-order chi connectivity index (χ0) is 25.7. The van der Waals surface area contributed by atoms with Crippen LogP contribution in [0.25, 0.3) is 27.8 Å². The standard InChI is InChI=1S/C30H23N5OS2/c36-27(32-29-31-19-25(38-29)18-23-14-9-13-21-10-7-8-17-26(21)23)20-37-30-34-33-28(22-11-3-1-4-12-22)35(30)24-15-5-2-6-16-24/h1-17,19H,18,20H2,(H,31,32,36). The molecule has 0 saturated heterocycles. The zero-order valence-electron chi connectivity index (χ0n) is 20.3. The Kier molecular flexibility index (Phi) is 6.97. The van der Waals surface area contributed by atoms with Crippen LogP contribution in [0.1, 0.15) is 10.4 Å². The lowest BCUT2D eigenvalue weighted by Crippen LogP contribution is -2.14. The molecule has 0 unspecified atom stereocenters. The summed E-state index contributed by atoms with van der Waals surface area (Å²) in [5.74, 6) is 0.792. The van der Waals surface area contributed by atoms with E-state index in [-0.39, 0.29) is 11.7 Å². The van der Waals surface area contributed by atoms with Gasteiger partial charge in [0.1, 0.15) is 0 Å². The first-order valence-electron chi connectivity index (χ1n) is 12.1. The Labute approximate surface area is 228 Å². The van der Waals surface area contributed by atoms with E-state index in [0.29, 0.717) is 10.3 Å². The van der Waals surface area contributed by atoms with Gasteiger partial charge in [0, 0.05) is 28.7 Å². The number of thiazole rings is 1. The van der Waals surface area contributed by atoms with Crippen molar-refractivity contribution in [2.45, 2.75) is 11.6 Å². The maximum Gasteiger partial charge on any atom is 0.236 e. The van der Waals surface area contributed by atoms with Crippen molar-refractivity contribution >= 4 is 44.9 Å². The van der Waals surface area contributed by atoms with E-state index in [4.69, 9.17) is 0 Å². The second-order valence-corrected chi connectivity index (χ2v) is 10.7. The highest BCUT2D eigenvalue weighted by Crippen LogP contribution is 2.29. The molecule has 6 aromatic rings. The first-order chi connectivity index (χ1) is 18.7. The number of fused-ring (bicyclic) bond motifs is 1. The van der Waals surface area contributed by atoms with Crippen molar-refractivity contribution in [2.24, 2.45) is 0 Å². The van der Waals surface area contributed by atoms with E-state index in [1.165, 1.54) is 39.4 Å². The number of benzene rings is 4. The minimum absolute atomic E-state index is 0.134. The number of para-hydroxylation sites is 1. The lowest BCUT2D eigenvalue weighted by Gasteiger charge is -2.10. The van der Waals surface area contributed by atoms with Gasteiger partial charge in [0.05, 0.1) is 5.75 Å². The van der Waals surface area contributed by atoms with Crippen LogP contribution in [-0.4, -0.2) is 31.4 Å². The third-order valence-corrected chi connectivity index (χ3v) is 7.90. The van der Waals surface area contributed by atoms with Crippen LogP contribution in [0.5, 0.6) is 0 Å². The number of hydrogen-bond donors (Lipinski definition) is 1. The Hall–Kier alpha value is -4.27. The van der Waals surface area contributed by atoms with E-state index in [9.17, 15) is 4.79 Å². The molecule has 1 amide bonds. The van der Waals surface area contributed by atoms with E-state index in [1.54, 1.807) is 0 Å². The molecule has 2 heterocycles. The molecule has 0 aliphatic carbocycles. The molecule has 0 atom stereocenters. The normalized spacial score (nSPS) is 11.1. The van der Waals surface area contributed by atoms with Crippen LogP contribution in [0.2, 0.25) is 0 Å². The predicted octanol–water partition coefficient (Wildman–Crippen LogP) is 6.87. The highest BCUT2D eigenvalue weighted by Gasteiger charge is 2.17. The fourth-order valence-electron chi connectivity index (χ4n) is 4.31. The summed E-state index contributed by atoms with van der Waals surface area (Å²) in [6.07, 6.45) is 2.61. The largest absolute Gasteiger partial charge is 0.301 e. The van der Waals surface area contributed by atoms with Gasteiger partial charge in [-0.3, -0.25) is 9.36 Å². The molecule has 6 rings (SSSR count). The molecule has 0 saturated carbocycles. The van der Waals surface area contributed by atoms with E-state index in [1.807, 2.05) is 71.4 Å². The molecule has 0 radical (unpaired) electrons. The molecule has 0 spiro atoms. The Morgan fingerprint density at radius 2 is 1.58 bits per heavy atom. The molecule has 6 nitrogen and oxygen atoms in total. The minimum Gasteiger partial charge on any atom is -0.301 e. The summed E-state index contributed by atoms with van der Waals surface area (Å²) < 4.78 is 1.99. The number of rotatable bonds is 8. The number of thioether (sulfide) groups is 1. The van der Waals surface area contributed by atoms with Gasteiger partial charge in [0.25, 0.3) is 0 Å². The molecule has 38 heavy (non-hydrogen) atoms. The summed E-state index contributed by atoms with van der Waals surface area (Å²) in [7, 11) is 0. The molecule has 0 bridgehead atoms. The third kappa shape index (κ3) is 5.22. The predicted molar refractivity (Wildman–Crippen MR) is 155 cm³/mol. The summed E-state index contributed by atoms with van der Waals surface area (Å²) in [6, 6.07) is 34.6. The maximum atomic E-state index is 12.8.